The first-order chi connectivity index (χ1) is 8.42. The Hall–Kier alpha value is -2.42. The van der Waals surface area contributed by atoms with Crippen LogP contribution in [0.2, 0.25) is 0 Å². The molecule has 1 aromatic carbocycles. The maximum Gasteiger partial charge on any atom is 0.126 e. The Morgan fingerprint density at radius 2 is 1.82 bits per heavy atom. The maximum atomic E-state index is 5.21. The fourth-order valence-corrected chi connectivity index (χ4v) is 1.61. The van der Waals surface area contributed by atoms with Gasteiger partial charge in [-0.25, -0.2) is 4.98 Å². The fourth-order valence-electron chi connectivity index (χ4n) is 1.61. The van der Waals surface area contributed by atoms with Crippen LogP contribution in [-0.2, 0) is 0 Å². The third-order valence-corrected chi connectivity index (χ3v) is 2.43. The lowest BCUT2D eigenvalue weighted by Gasteiger charge is -1.96. The van der Waals surface area contributed by atoms with Gasteiger partial charge in [-0.15, -0.1) is 0 Å². The molecule has 0 saturated heterocycles. The first-order valence-electron chi connectivity index (χ1n) is 5.35. The van der Waals surface area contributed by atoms with Crippen molar-refractivity contribution in [3.63, 3.8) is 0 Å². The molecule has 3 heteroatoms. The van der Waals surface area contributed by atoms with Gasteiger partial charge in [0.1, 0.15) is 5.76 Å². The van der Waals surface area contributed by atoms with Gasteiger partial charge in [-0.1, -0.05) is 12.1 Å². The number of nitrogens with zero attached hydrogens (tertiary/aromatic N) is 2. The largest absolute Gasteiger partial charge is 0.465 e. The molecule has 2 heterocycles. The summed E-state index contributed by atoms with van der Waals surface area (Å²) in [4.78, 5) is 8.82. The molecule has 0 atom stereocenters. The zero-order valence-electron chi connectivity index (χ0n) is 9.08. The Labute approximate surface area is 98.4 Å². The number of fused-ring (bicyclic) bond motifs is 1. The van der Waals surface area contributed by atoms with Crippen molar-refractivity contribution in [2.75, 3.05) is 0 Å². The normalized spacial score (nSPS) is 11.3. The predicted molar refractivity (Wildman–Crippen MR) is 67.2 cm³/mol. The molecule has 0 unspecified atom stereocenters. The van der Waals surface area contributed by atoms with E-state index in [2.05, 4.69) is 9.97 Å². The molecule has 82 valence electrons. The van der Waals surface area contributed by atoms with E-state index in [-0.39, 0.29) is 0 Å². The molecule has 0 aliphatic carbocycles. The number of hydrogen-bond donors (Lipinski definition) is 0. The number of rotatable bonds is 2. The van der Waals surface area contributed by atoms with Crippen LogP contribution in [0, 0.1) is 0 Å². The number of para-hydroxylation sites is 2. The van der Waals surface area contributed by atoms with Crippen LogP contribution in [0.25, 0.3) is 23.2 Å². The molecular weight excluding hydrogens is 212 g/mol. The topological polar surface area (TPSA) is 38.9 Å². The summed E-state index contributed by atoms with van der Waals surface area (Å²) in [6, 6.07) is 11.6. The van der Waals surface area contributed by atoms with E-state index < -0.39 is 0 Å². The molecule has 0 saturated carbocycles. The number of furan rings is 1. The van der Waals surface area contributed by atoms with Crippen molar-refractivity contribution in [1.29, 1.82) is 0 Å². The minimum absolute atomic E-state index is 0.806. The Kier molecular flexibility index (Phi) is 2.43. The first-order valence-corrected chi connectivity index (χ1v) is 5.35. The lowest BCUT2D eigenvalue weighted by molar-refractivity contribution is 0.557. The molecular formula is C14H10N2O. The van der Waals surface area contributed by atoms with Gasteiger partial charge in [0.05, 0.1) is 29.2 Å². The van der Waals surface area contributed by atoms with Crippen LogP contribution >= 0.6 is 0 Å². The highest BCUT2D eigenvalue weighted by Gasteiger charge is 1.96. The van der Waals surface area contributed by atoms with Gasteiger partial charge in [0.25, 0.3) is 0 Å². The van der Waals surface area contributed by atoms with E-state index >= 15 is 0 Å². The lowest BCUT2D eigenvalue weighted by atomic mass is 10.3. The zero-order valence-corrected chi connectivity index (χ0v) is 9.08. The Balaban J connectivity index is 1.96. The van der Waals surface area contributed by atoms with Gasteiger partial charge in [-0.05, 0) is 36.4 Å². The molecule has 3 aromatic rings. The van der Waals surface area contributed by atoms with Gasteiger partial charge in [-0.2, -0.15) is 0 Å². The van der Waals surface area contributed by atoms with Gasteiger partial charge in [0, 0.05) is 0 Å². The van der Waals surface area contributed by atoms with E-state index in [0.29, 0.717) is 0 Å². The maximum absolute atomic E-state index is 5.21. The summed E-state index contributed by atoms with van der Waals surface area (Å²) in [6.45, 7) is 0. The standard InChI is InChI=1S/C14H10N2O/c1-2-6-14-13(5-1)15-10-11(16-14)7-8-12-4-3-9-17-12/h1-10H. The van der Waals surface area contributed by atoms with Crippen LogP contribution < -0.4 is 0 Å². The molecule has 0 radical (unpaired) electrons. The molecule has 0 aliphatic heterocycles. The Bertz CT molecular complexity index is 657. The summed E-state index contributed by atoms with van der Waals surface area (Å²) in [5.74, 6) is 0.806. The SMILES string of the molecule is C(=Cc1ccco1)c1cnc2ccccc2n1. The van der Waals surface area contributed by atoms with E-state index in [4.69, 9.17) is 4.42 Å². The van der Waals surface area contributed by atoms with Crippen molar-refractivity contribution in [1.82, 2.24) is 9.97 Å². The quantitative estimate of drug-likeness (QED) is 0.667. The smallest absolute Gasteiger partial charge is 0.126 e. The van der Waals surface area contributed by atoms with Gasteiger partial charge in [0.2, 0.25) is 0 Å². The molecule has 3 nitrogen and oxygen atoms in total. The van der Waals surface area contributed by atoms with E-state index in [9.17, 15) is 0 Å². The first kappa shape index (κ1) is 9.78. The second-order valence-electron chi connectivity index (χ2n) is 3.63. The van der Waals surface area contributed by atoms with Crippen molar-refractivity contribution < 1.29 is 4.42 Å². The predicted octanol–water partition coefficient (Wildman–Crippen LogP) is 3.39. The highest BCUT2D eigenvalue weighted by Crippen LogP contribution is 2.11. The highest BCUT2D eigenvalue weighted by atomic mass is 16.3. The van der Waals surface area contributed by atoms with Crippen LogP contribution in [0.15, 0.2) is 53.3 Å². The van der Waals surface area contributed by atoms with Crippen LogP contribution in [-0.4, -0.2) is 9.97 Å². The van der Waals surface area contributed by atoms with Crippen LogP contribution in [0.4, 0.5) is 0 Å². The zero-order chi connectivity index (χ0) is 11.5. The Morgan fingerprint density at radius 1 is 0.941 bits per heavy atom. The molecule has 0 bridgehead atoms. The summed E-state index contributed by atoms with van der Waals surface area (Å²) < 4.78 is 5.21. The molecule has 2 aromatic heterocycles. The third-order valence-electron chi connectivity index (χ3n) is 2.43. The highest BCUT2D eigenvalue weighted by molar-refractivity contribution is 5.76. The third kappa shape index (κ3) is 2.08. The van der Waals surface area contributed by atoms with Gasteiger partial charge < -0.3 is 4.42 Å². The monoisotopic (exact) mass is 222 g/mol. The fraction of sp³-hybridized carbons (Fsp3) is 0. The minimum Gasteiger partial charge on any atom is -0.465 e. The summed E-state index contributed by atoms with van der Waals surface area (Å²) in [6.07, 6.45) is 7.16. The van der Waals surface area contributed by atoms with E-state index in [1.807, 2.05) is 48.6 Å². The van der Waals surface area contributed by atoms with E-state index in [1.54, 1.807) is 12.5 Å². The van der Waals surface area contributed by atoms with Gasteiger partial charge in [-0.3, -0.25) is 4.98 Å². The second kappa shape index (κ2) is 4.22. The molecule has 0 amide bonds. The molecule has 0 aliphatic rings. The molecule has 0 fully saturated rings. The number of aromatic nitrogens is 2. The molecule has 0 N–H and O–H groups in total. The van der Waals surface area contributed by atoms with Crippen LogP contribution in [0.1, 0.15) is 11.5 Å². The number of benzene rings is 1. The van der Waals surface area contributed by atoms with Crippen molar-refractivity contribution in [2.24, 2.45) is 0 Å². The summed E-state index contributed by atoms with van der Waals surface area (Å²) in [5.41, 5.74) is 2.62. The van der Waals surface area contributed by atoms with Gasteiger partial charge >= 0.3 is 0 Å². The van der Waals surface area contributed by atoms with Crippen molar-refractivity contribution >= 4 is 23.2 Å². The van der Waals surface area contributed by atoms with Crippen molar-refractivity contribution in [3.05, 3.63) is 60.3 Å². The lowest BCUT2D eigenvalue weighted by Crippen LogP contribution is -1.86. The average molecular weight is 222 g/mol. The number of hydrogen-bond acceptors (Lipinski definition) is 3. The van der Waals surface area contributed by atoms with Gasteiger partial charge in [0.15, 0.2) is 0 Å². The van der Waals surface area contributed by atoms with Crippen LogP contribution in [0.3, 0.4) is 0 Å². The summed E-state index contributed by atoms with van der Waals surface area (Å²) >= 11 is 0. The van der Waals surface area contributed by atoms with Crippen LogP contribution in [0.5, 0.6) is 0 Å². The summed E-state index contributed by atoms with van der Waals surface area (Å²) in [7, 11) is 0. The van der Waals surface area contributed by atoms with E-state index in [1.165, 1.54) is 0 Å². The second-order valence-corrected chi connectivity index (χ2v) is 3.63. The van der Waals surface area contributed by atoms with Crippen molar-refractivity contribution in [2.45, 2.75) is 0 Å². The minimum atomic E-state index is 0.806. The summed E-state index contributed by atoms with van der Waals surface area (Å²) in [5, 5.41) is 0. The Morgan fingerprint density at radius 3 is 2.65 bits per heavy atom. The van der Waals surface area contributed by atoms with E-state index in [0.717, 1.165) is 22.5 Å². The molecule has 17 heavy (non-hydrogen) atoms. The van der Waals surface area contributed by atoms with Crippen molar-refractivity contribution in [3.8, 4) is 0 Å². The molecule has 0 spiro atoms. The molecule has 3 rings (SSSR count). The average Bonchev–Trinajstić information content (AvgIpc) is 2.89.